The molecule has 0 atom stereocenters. The highest BCUT2D eigenvalue weighted by Gasteiger charge is 2.31. The summed E-state index contributed by atoms with van der Waals surface area (Å²) in [5.41, 5.74) is -0.0324. The fourth-order valence-electron chi connectivity index (χ4n) is 2.60. The summed E-state index contributed by atoms with van der Waals surface area (Å²) >= 11 is 0. The zero-order chi connectivity index (χ0) is 21.1. The Morgan fingerprint density at radius 2 is 2.00 bits per heavy atom. The Balaban J connectivity index is 2.93. The quantitative estimate of drug-likeness (QED) is 0.453. The molecule has 8 nitrogen and oxygen atoms in total. The predicted octanol–water partition coefficient (Wildman–Crippen LogP) is 3.69. The Bertz CT molecular complexity index is 975. The van der Waals surface area contributed by atoms with Crippen LogP contribution < -0.4 is 0 Å². The maximum absolute atomic E-state index is 12.9. The molecule has 1 aromatic heterocycles. The van der Waals surface area contributed by atoms with Crippen LogP contribution in [0.3, 0.4) is 0 Å². The summed E-state index contributed by atoms with van der Waals surface area (Å²) in [6.45, 7) is 6.98. The first kappa shape index (κ1) is 21.0. The molecular formula is C20H24N4O4. The van der Waals surface area contributed by atoms with Gasteiger partial charge in [-0.15, -0.1) is 0 Å². The summed E-state index contributed by atoms with van der Waals surface area (Å²) in [6.07, 6.45) is 0.743. The van der Waals surface area contributed by atoms with Crippen LogP contribution in [-0.4, -0.2) is 54.2 Å². The molecule has 28 heavy (non-hydrogen) atoms. The van der Waals surface area contributed by atoms with Gasteiger partial charge in [0.05, 0.1) is 30.1 Å². The van der Waals surface area contributed by atoms with Crippen LogP contribution in [0, 0.1) is 11.3 Å². The number of aliphatic imine (C=N–C) groups is 1. The highest BCUT2D eigenvalue weighted by molar-refractivity contribution is 6.12. The summed E-state index contributed by atoms with van der Waals surface area (Å²) < 4.78 is 11.8. The average molecular weight is 384 g/mol. The van der Waals surface area contributed by atoms with Crippen molar-refractivity contribution < 1.29 is 19.1 Å². The third-order valence-electron chi connectivity index (χ3n) is 3.55. The lowest BCUT2D eigenvalue weighted by Gasteiger charge is -2.20. The number of hydrogen-bond donors (Lipinski definition) is 0. The highest BCUT2D eigenvalue weighted by Crippen LogP contribution is 2.37. The fourth-order valence-corrected chi connectivity index (χ4v) is 2.60. The zero-order valence-electron chi connectivity index (χ0n) is 16.9. The van der Waals surface area contributed by atoms with Gasteiger partial charge >= 0.3 is 12.1 Å². The van der Waals surface area contributed by atoms with E-state index in [0.29, 0.717) is 10.9 Å². The molecule has 8 heteroatoms. The minimum Gasteiger partial charge on any atom is -0.461 e. The van der Waals surface area contributed by atoms with Crippen molar-refractivity contribution in [1.82, 2.24) is 9.47 Å². The number of esters is 1. The molecule has 0 fully saturated rings. The van der Waals surface area contributed by atoms with Crippen LogP contribution in [-0.2, 0) is 9.47 Å². The van der Waals surface area contributed by atoms with Crippen molar-refractivity contribution in [2.75, 3.05) is 20.7 Å². The van der Waals surface area contributed by atoms with Crippen LogP contribution in [0.25, 0.3) is 10.9 Å². The van der Waals surface area contributed by atoms with Crippen molar-refractivity contribution in [3.8, 4) is 6.07 Å². The summed E-state index contributed by atoms with van der Waals surface area (Å²) in [7, 11) is 3.54. The largest absolute Gasteiger partial charge is 0.461 e. The second-order valence-corrected chi connectivity index (χ2v) is 7.25. The van der Waals surface area contributed by atoms with Crippen molar-refractivity contribution >= 4 is 35.0 Å². The van der Waals surface area contributed by atoms with E-state index in [1.165, 1.54) is 6.34 Å². The van der Waals surface area contributed by atoms with E-state index in [4.69, 9.17) is 9.47 Å². The Kier molecular flexibility index (Phi) is 6.09. The van der Waals surface area contributed by atoms with Gasteiger partial charge < -0.3 is 14.4 Å². The van der Waals surface area contributed by atoms with E-state index in [-0.39, 0.29) is 23.6 Å². The number of aromatic nitrogens is 1. The van der Waals surface area contributed by atoms with Crippen molar-refractivity contribution in [1.29, 1.82) is 5.26 Å². The van der Waals surface area contributed by atoms with Crippen LogP contribution >= 0.6 is 0 Å². The zero-order valence-corrected chi connectivity index (χ0v) is 16.9. The highest BCUT2D eigenvalue weighted by atomic mass is 16.6. The molecule has 0 aliphatic heterocycles. The van der Waals surface area contributed by atoms with Crippen molar-refractivity contribution in [2.24, 2.45) is 4.99 Å². The van der Waals surface area contributed by atoms with E-state index >= 15 is 0 Å². The number of benzene rings is 1. The van der Waals surface area contributed by atoms with Gasteiger partial charge in [0.2, 0.25) is 0 Å². The lowest BCUT2D eigenvalue weighted by atomic mass is 10.1. The molecule has 0 amide bonds. The normalized spacial score (nSPS) is 11.5. The van der Waals surface area contributed by atoms with Gasteiger partial charge in [-0.3, -0.25) is 0 Å². The molecule has 1 heterocycles. The van der Waals surface area contributed by atoms with E-state index in [1.54, 1.807) is 64.9 Å². The van der Waals surface area contributed by atoms with Crippen LogP contribution in [0.1, 0.15) is 43.7 Å². The van der Waals surface area contributed by atoms with Crippen LogP contribution in [0.15, 0.2) is 23.2 Å². The van der Waals surface area contributed by atoms with Crippen LogP contribution in [0.5, 0.6) is 0 Å². The summed E-state index contributed by atoms with van der Waals surface area (Å²) in [5, 5.41) is 9.94. The van der Waals surface area contributed by atoms with Gasteiger partial charge in [-0.2, -0.15) is 5.26 Å². The molecule has 0 aliphatic rings. The van der Waals surface area contributed by atoms with Gasteiger partial charge in [-0.1, -0.05) is 6.07 Å². The topological polar surface area (TPSA) is 96.9 Å². The van der Waals surface area contributed by atoms with Crippen molar-refractivity contribution in [2.45, 2.75) is 33.3 Å². The molecular weight excluding hydrogens is 360 g/mol. The second-order valence-electron chi connectivity index (χ2n) is 7.25. The molecule has 0 spiro atoms. The molecule has 0 aliphatic carbocycles. The molecule has 1 aromatic carbocycles. The summed E-state index contributed by atoms with van der Waals surface area (Å²) in [4.78, 5) is 31.7. The van der Waals surface area contributed by atoms with E-state index < -0.39 is 17.7 Å². The summed E-state index contributed by atoms with van der Waals surface area (Å²) in [5.74, 6) is -0.723. The maximum atomic E-state index is 12.9. The van der Waals surface area contributed by atoms with Gasteiger partial charge in [0, 0.05) is 19.5 Å². The maximum Gasteiger partial charge on any atom is 0.419 e. The molecule has 2 rings (SSSR count). The standard InChI is InChI=1S/C20H24N4O4/c1-7-27-18(25)17-16(22-12-23(5)6)15-13(11-21)9-8-10-14(15)24(17)19(26)28-20(2,3)4/h8-10,12H,7H2,1-6H3. The summed E-state index contributed by atoms with van der Waals surface area (Å²) in [6, 6.07) is 6.97. The van der Waals surface area contributed by atoms with Gasteiger partial charge in [-0.25, -0.2) is 19.1 Å². The molecule has 0 unspecified atom stereocenters. The molecule has 0 N–H and O–H groups in total. The Hall–Kier alpha value is -3.34. The monoisotopic (exact) mass is 384 g/mol. The first-order valence-corrected chi connectivity index (χ1v) is 8.79. The molecule has 0 saturated heterocycles. The minimum atomic E-state index is -0.778. The first-order valence-electron chi connectivity index (χ1n) is 8.79. The Morgan fingerprint density at radius 1 is 1.32 bits per heavy atom. The number of nitrogens with zero attached hydrogens (tertiary/aromatic N) is 4. The van der Waals surface area contributed by atoms with E-state index in [0.717, 1.165) is 4.57 Å². The van der Waals surface area contributed by atoms with Gasteiger partial charge in [-0.05, 0) is 39.8 Å². The Morgan fingerprint density at radius 3 is 2.54 bits per heavy atom. The number of fused-ring (bicyclic) bond motifs is 1. The van der Waals surface area contributed by atoms with Crippen molar-refractivity contribution in [3.05, 3.63) is 29.5 Å². The second kappa shape index (κ2) is 8.13. The molecule has 148 valence electrons. The number of hydrogen-bond acceptors (Lipinski definition) is 6. The fraction of sp³-hybridized carbons (Fsp3) is 0.400. The first-order chi connectivity index (χ1) is 13.1. The van der Waals surface area contributed by atoms with Crippen LogP contribution in [0.4, 0.5) is 10.5 Å². The van der Waals surface area contributed by atoms with E-state index in [1.807, 2.05) is 0 Å². The molecule has 0 bridgehead atoms. The van der Waals surface area contributed by atoms with E-state index in [2.05, 4.69) is 11.1 Å². The van der Waals surface area contributed by atoms with Gasteiger partial charge in [0.1, 0.15) is 11.3 Å². The van der Waals surface area contributed by atoms with Gasteiger partial charge in [0.15, 0.2) is 5.69 Å². The SMILES string of the molecule is CCOC(=O)c1c(N=CN(C)C)c2c(C#N)cccc2n1C(=O)OC(C)(C)C. The molecule has 0 radical (unpaired) electrons. The average Bonchev–Trinajstić information content (AvgIpc) is 2.93. The Labute approximate surface area is 164 Å². The number of nitriles is 1. The smallest absolute Gasteiger partial charge is 0.419 e. The third kappa shape index (κ3) is 4.31. The number of rotatable bonds is 4. The minimum absolute atomic E-state index is 0.0769. The predicted molar refractivity (Wildman–Crippen MR) is 106 cm³/mol. The third-order valence-corrected chi connectivity index (χ3v) is 3.55. The number of ether oxygens (including phenoxy) is 2. The lowest BCUT2D eigenvalue weighted by Crippen LogP contribution is -2.29. The number of carbonyl (C=O) groups excluding carboxylic acids is 2. The van der Waals surface area contributed by atoms with Gasteiger partial charge in [0.25, 0.3) is 0 Å². The molecule has 2 aromatic rings. The lowest BCUT2D eigenvalue weighted by molar-refractivity contribution is 0.0455. The molecule has 0 saturated carbocycles. The number of carbonyl (C=O) groups is 2. The van der Waals surface area contributed by atoms with Crippen LogP contribution in [0.2, 0.25) is 0 Å². The van der Waals surface area contributed by atoms with E-state index in [9.17, 15) is 14.9 Å². The van der Waals surface area contributed by atoms with Crippen molar-refractivity contribution in [3.63, 3.8) is 0 Å².